The molecule has 4 nitrogen and oxygen atoms in total. The summed E-state index contributed by atoms with van der Waals surface area (Å²) < 4.78 is 24.3. The minimum absolute atomic E-state index is 0.168. The molecule has 1 rings (SSSR count). The maximum Gasteiger partial charge on any atom is 0.229 e. The molecule has 0 aromatic heterocycles. The summed E-state index contributed by atoms with van der Waals surface area (Å²) in [6.45, 7) is 3.44. The maximum atomic E-state index is 11.0. The summed E-state index contributed by atoms with van der Waals surface area (Å²) in [4.78, 5) is 0. The molecule has 0 heterocycles. The fourth-order valence-electron chi connectivity index (χ4n) is 1.11. The second-order valence-electron chi connectivity index (χ2n) is 3.33. The van der Waals surface area contributed by atoms with Crippen molar-refractivity contribution in [2.45, 2.75) is 13.8 Å². The van der Waals surface area contributed by atoms with Crippen molar-refractivity contribution in [2.75, 3.05) is 11.0 Å². The number of nitrogens with one attached hydrogen (secondary N) is 1. The van der Waals surface area contributed by atoms with Crippen LogP contribution in [0.2, 0.25) is 0 Å². The van der Waals surface area contributed by atoms with Crippen molar-refractivity contribution in [3.63, 3.8) is 0 Å². The van der Waals surface area contributed by atoms with Crippen molar-refractivity contribution in [2.24, 2.45) is 0 Å². The van der Waals surface area contributed by atoms with Gasteiger partial charge in [0, 0.05) is 0 Å². The molecule has 0 unspecified atom stereocenters. The van der Waals surface area contributed by atoms with E-state index in [-0.39, 0.29) is 5.75 Å². The van der Waals surface area contributed by atoms with Crippen LogP contribution in [0.25, 0.3) is 0 Å². The summed E-state index contributed by atoms with van der Waals surface area (Å²) >= 11 is 0. The van der Waals surface area contributed by atoms with Crippen LogP contribution in [0, 0.1) is 13.8 Å². The Morgan fingerprint density at radius 3 is 2.29 bits per heavy atom. The van der Waals surface area contributed by atoms with Crippen molar-refractivity contribution >= 4 is 15.7 Å². The van der Waals surface area contributed by atoms with Crippen LogP contribution in [0.5, 0.6) is 5.75 Å². The molecule has 0 aliphatic heterocycles. The monoisotopic (exact) mass is 215 g/mol. The lowest BCUT2D eigenvalue weighted by Gasteiger charge is -2.09. The second-order valence-corrected chi connectivity index (χ2v) is 5.08. The lowest BCUT2D eigenvalue weighted by molar-refractivity contribution is 0.471. The SMILES string of the molecule is Cc1cc(NS(C)(=O)=O)c(C)cc1O. The molecule has 1 aromatic carbocycles. The largest absolute Gasteiger partial charge is 0.508 e. The minimum Gasteiger partial charge on any atom is -0.508 e. The molecule has 14 heavy (non-hydrogen) atoms. The van der Waals surface area contributed by atoms with Gasteiger partial charge in [-0.3, -0.25) is 4.72 Å². The van der Waals surface area contributed by atoms with Crippen LogP contribution >= 0.6 is 0 Å². The Labute approximate surface area is 83.6 Å². The van der Waals surface area contributed by atoms with Gasteiger partial charge in [-0.2, -0.15) is 0 Å². The third-order valence-electron chi connectivity index (χ3n) is 1.84. The Kier molecular flexibility index (Phi) is 2.71. The first-order valence-corrected chi connectivity index (χ1v) is 5.97. The van der Waals surface area contributed by atoms with E-state index in [9.17, 15) is 13.5 Å². The van der Waals surface area contributed by atoms with Gasteiger partial charge >= 0.3 is 0 Å². The van der Waals surface area contributed by atoms with Crippen molar-refractivity contribution in [1.82, 2.24) is 0 Å². The number of aromatic hydroxyl groups is 1. The molecular formula is C9H13NO3S. The number of phenolic OH excluding ortho intramolecular Hbond substituents is 1. The van der Waals surface area contributed by atoms with E-state index in [0.717, 1.165) is 6.26 Å². The van der Waals surface area contributed by atoms with Crippen LogP contribution in [-0.2, 0) is 10.0 Å². The first kappa shape index (κ1) is 10.8. The van der Waals surface area contributed by atoms with Crippen molar-refractivity contribution in [3.05, 3.63) is 23.3 Å². The van der Waals surface area contributed by atoms with Crippen molar-refractivity contribution < 1.29 is 13.5 Å². The third-order valence-corrected chi connectivity index (χ3v) is 2.43. The molecule has 2 N–H and O–H groups in total. The number of phenols is 1. The molecule has 0 spiro atoms. The van der Waals surface area contributed by atoms with Gasteiger partial charge in [0.25, 0.3) is 0 Å². The highest BCUT2D eigenvalue weighted by Crippen LogP contribution is 2.25. The number of sulfonamides is 1. The van der Waals surface area contributed by atoms with Crippen LogP contribution in [0.4, 0.5) is 5.69 Å². The summed E-state index contributed by atoms with van der Waals surface area (Å²) in [5, 5.41) is 9.35. The van der Waals surface area contributed by atoms with Crippen molar-refractivity contribution in [1.29, 1.82) is 0 Å². The predicted octanol–water partition coefficient (Wildman–Crippen LogP) is 1.38. The van der Waals surface area contributed by atoms with E-state index in [2.05, 4.69) is 4.72 Å². The zero-order valence-corrected chi connectivity index (χ0v) is 9.14. The molecule has 0 aliphatic rings. The van der Waals surface area contributed by atoms with Gasteiger partial charge < -0.3 is 5.11 Å². The zero-order valence-electron chi connectivity index (χ0n) is 8.33. The number of hydrogen-bond donors (Lipinski definition) is 2. The summed E-state index contributed by atoms with van der Waals surface area (Å²) in [6, 6.07) is 3.13. The van der Waals surface area contributed by atoms with Crippen LogP contribution < -0.4 is 4.72 Å². The zero-order chi connectivity index (χ0) is 10.9. The number of anilines is 1. The molecule has 1 aromatic rings. The van der Waals surface area contributed by atoms with Gasteiger partial charge in [0.15, 0.2) is 0 Å². The van der Waals surface area contributed by atoms with E-state index in [1.807, 2.05) is 0 Å². The third kappa shape index (κ3) is 2.63. The molecule has 0 amide bonds. The topological polar surface area (TPSA) is 66.4 Å². The van der Waals surface area contributed by atoms with Gasteiger partial charge in [-0.1, -0.05) is 0 Å². The first-order chi connectivity index (χ1) is 6.29. The maximum absolute atomic E-state index is 11.0. The van der Waals surface area contributed by atoms with E-state index >= 15 is 0 Å². The van der Waals surface area contributed by atoms with E-state index < -0.39 is 10.0 Å². The van der Waals surface area contributed by atoms with Gasteiger partial charge in [0.05, 0.1) is 11.9 Å². The highest BCUT2D eigenvalue weighted by Gasteiger charge is 2.07. The smallest absolute Gasteiger partial charge is 0.229 e. The Bertz CT molecular complexity index is 451. The molecule has 0 bridgehead atoms. The fraction of sp³-hybridized carbons (Fsp3) is 0.333. The second kappa shape index (κ2) is 3.49. The Morgan fingerprint density at radius 2 is 1.79 bits per heavy atom. The highest BCUT2D eigenvalue weighted by molar-refractivity contribution is 7.92. The Hall–Kier alpha value is -1.23. The quantitative estimate of drug-likeness (QED) is 0.732. The fourth-order valence-corrected chi connectivity index (χ4v) is 1.73. The molecule has 0 saturated heterocycles. The van der Waals surface area contributed by atoms with E-state index in [4.69, 9.17) is 0 Å². The average molecular weight is 215 g/mol. The minimum atomic E-state index is -3.26. The van der Waals surface area contributed by atoms with Crippen molar-refractivity contribution in [3.8, 4) is 5.75 Å². The number of rotatable bonds is 2. The average Bonchev–Trinajstić information content (AvgIpc) is 1.97. The van der Waals surface area contributed by atoms with Gasteiger partial charge in [-0.15, -0.1) is 0 Å². The van der Waals surface area contributed by atoms with E-state index in [1.165, 1.54) is 6.07 Å². The van der Waals surface area contributed by atoms with Gasteiger partial charge in [-0.05, 0) is 37.1 Å². The number of aryl methyl sites for hydroxylation is 2. The molecular weight excluding hydrogens is 202 g/mol. The van der Waals surface area contributed by atoms with Gasteiger partial charge in [0.2, 0.25) is 10.0 Å². The van der Waals surface area contributed by atoms with Crippen LogP contribution in [0.3, 0.4) is 0 Å². The van der Waals surface area contributed by atoms with Crippen LogP contribution in [0.15, 0.2) is 12.1 Å². The lowest BCUT2D eigenvalue weighted by atomic mass is 10.1. The molecule has 0 atom stereocenters. The number of hydrogen-bond acceptors (Lipinski definition) is 3. The molecule has 5 heteroatoms. The summed E-state index contributed by atoms with van der Waals surface area (Å²) in [7, 11) is -3.26. The standard InChI is InChI=1S/C9H13NO3S/c1-6-5-9(11)7(2)4-8(6)10-14(3,12)13/h4-5,10-11H,1-3H3. The normalized spacial score (nSPS) is 11.4. The van der Waals surface area contributed by atoms with Gasteiger partial charge in [-0.25, -0.2) is 8.42 Å². The summed E-state index contributed by atoms with van der Waals surface area (Å²) in [5.74, 6) is 0.168. The highest BCUT2D eigenvalue weighted by atomic mass is 32.2. The molecule has 0 fully saturated rings. The Balaban J connectivity index is 3.17. The molecule has 0 saturated carbocycles. The van der Waals surface area contributed by atoms with Crippen LogP contribution in [0.1, 0.15) is 11.1 Å². The predicted molar refractivity (Wildman–Crippen MR) is 56.0 cm³/mol. The van der Waals surface area contributed by atoms with Gasteiger partial charge in [0.1, 0.15) is 5.75 Å². The lowest BCUT2D eigenvalue weighted by Crippen LogP contribution is -2.10. The molecule has 78 valence electrons. The summed E-state index contributed by atoms with van der Waals surface area (Å²) in [6.07, 6.45) is 1.09. The first-order valence-electron chi connectivity index (χ1n) is 4.07. The van der Waals surface area contributed by atoms with E-state index in [1.54, 1.807) is 19.9 Å². The van der Waals surface area contributed by atoms with Crippen LogP contribution in [-0.4, -0.2) is 19.8 Å². The Morgan fingerprint density at radius 1 is 1.21 bits per heavy atom. The molecule has 0 aliphatic carbocycles. The summed E-state index contributed by atoms with van der Waals surface area (Å²) in [5.41, 5.74) is 1.84. The van der Waals surface area contributed by atoms with E-state index in [0.29, 0.717) is 16.8 Å². The number of benzene rings is 1. The molecule has 0 radical (unpaired) electrons.